The Morgan fingerprint density at radius 1 is 1.52 bits per heavy atom. The van der Waals surface area contributed by atoms with Crippen LogP contribution >= 0.6 is 11.3 Å². The lowest BCUT2D eigenvalue weighted by atomic mass is 9.95. The molecule has 0 aromatic carbocycles. The van der Waals surface area contributed by atoms with Gasteiger partial charge in [-0.1, -0.05) is 20.8 Å². The lowest BCUT2D eigenvalue weighted by molar-refractivity contribution is 0.423. The zero-order valence-corrected chi connectivity index (χ0v) is 14.2. The number of nitrogens with two attached hydrogens (primary N) is 1. The average molecular weight is 327 g/mol. The van der Waals surface area contributed by atoms with E-state index in [1.54, 1.807) is 6.92 Å². The van der Waals surface area contributed by atoms with Gasteiger partial charge in [0.2, 0.25) is 0 Å². The van der Waals surface area contributed by atoms with Crippen molar-refractivity contribution in [3.8, 4) is 6.07 Å². The molecule has 2 heterocycles. The van der Waals surface area contributed by atoms with Crippen molar-refractivity contribution in [1.82, 2.24) is 0 Å². The van der Waals surface area contributed by atoms with E-state index in [1.165, 1.54) is 11.3 Å². The molecule has 0 radical (unpaired) electrons. The van der Waals surface area contributed by atoms with Crippen LogP contribution in [0.1, 0.15) is 32.1 Å². The quantitative estimate of drug-likeness (QED) is 0.918. The first-order chi connectivity index (χ1) is 9.81. The van der Waals surface area contributed by atoms with E-state index in [2.05, 4.69) is 18.7 Å². The van der Waals surface area contributed by atoms with E-state index in [9.17, 15) is 8.42 Å². The highest BCUT2D eigenvalue weighted by atomic mass is 32.2. The largest absolute Gasteiger partial charge is 0.396 e. The number of nitrogen functional groups attached to an aromatic ring is 1. The molecule has 0 spiro atoms. The van der Waals surface area contributed by atoms with Gasteiger partial charge in [-0.15, -0.1) is 11.3 Å². The van der Waals surface area contributed by atoms with E-state index in [4.69, 9.17) is 11.0 Å². The number of anilines is 2. The fraction of sp³-hybridized carbons (Fsp3) is 0.643. The normalized spacial score (nSPS) is 19.2. The van der Waals surface area contributed by atoms with Gasteiger partial charge in [0, 0.05) is 13.1 Å². The number of sulfone groups is 1. The van der Waals surface area contributed by atoms with Gasteiger partial charge in [0.05, 0.1) is 11.4 Å². The summed E-state index contributed by atoms with van der Waals surface area (Å²) >= 11 is 1.20. The summed E-state index contributed by atoms with van der Waals surface area (Å²) in [6.07, 6.45) is 1.04. The zero-order chi connectivity index (χ0) is 15.8. The topological polar surface area (TPSA) is 87.2 Å². The molecule has 21 heavy (non-hydrogen) atoms. The fourth-order valence-electron chi connectivity index (χ4n) is 2.67. The molecule has 0 saturated carbocycles. The van der Waals surface area contributed by atoms with Crippen LogP contribution in [0.15, 0.2) is 4.90 Å². The monoisotopic (exact) mass is 327 g/mol. The number of rotatable bonds is 4. The third-order valence-electron chi connectivity index (χ3n) is 4.13. The van der Waals surface area contributed by atoms with Gasteiger partial charge < -0.3 is 10.6 Å². The molecule has 1 aliphatic heterocycles. The van der Waals surface area contributed by atoms with Gasteiger partial charge in [0.25, 0.3) is 0 Å². The summed E-state index contributed by atoms with van der Waals surface area (Å²) in [6.45, 7) is 7.61. The molecular formula is C14H21N3O2S2. The van der Waals surface area contributed by atoms with Crippen molar-refractivity contribution < 1.29 is 8.42 Å². The molecule has 0 aliphatic carbocycles. The van der Waals surface area contributed by atoms with E-state index in [-0.39, 0.29) is 16.3 Å². The first-order valence-corrected chi connectivity index (χ1v) is 9.58. The Labute approximate surface area is 130 Å². The van der Waals surface area contributed by atoms with Crippen LogP contribution in [0.4, 0.5) is 10.7 Å². The third kappa shape index (κ3) is 2.87. The predicted octanol–water partition coefficient (Wildman–Crippen LogP) is 2.48. The minimum absolute atomic E-state index is 0.00670. The molecular weight excluding hydrogens is 306 g/mol. The van der Waals surface area contributed by atoms with Crippen LogP contribution in [0.25, 0.3) is 0 Å². The molecule has 1 unspecified atom stereocenters. The van der Waals surface area contributed by atoms with Gasteiger partial charge in [-0.3, -0.25) is 0 Å². The minimum atomic E-state index is -3.43. The molecule has 1 aromatic heterocycles. The number of thiophene rings is 1. The molecule has 1 aromatic rings. The van der Waals surface area contributed by atoms with Gasteiger partial charge in [0.15, 0.2) is 9.84 Å². The Morgan fingerprint density at radius 3 is 2.67 bits per heavy atom. The maximum Gasteiger partial charge on any atom is 0.183 e. The lowest BCUT2D eigenvalue weighted by Crippen LogP contribution is -2.22. The summed E-state index contributed by atoms with van der Waals surface area (Å²) in [5.41, 5.74) is 6.04. The first kappa shape index (κ1) is 16.1. The average Bonchev–Trinajstić information content (AvgIpc) is 3.03. The molecule has 1 saturated heterocycles. The Morgan fingerprint density at radius 2 is 2.19 bits per heavy atom. The van der Waals surface area contributed by atoms with E-state index in [0.29, 0.717) is 21.7 Å². The van der Waals surface area contributed by atoms with Gasteiger partial charge in [-0.2, -0.15) is 5.26 Å². The van der Waals surface area contributed by atoms with Crippen LogP contribution in [0.3, 0.4) is 0 Å². The van der Waals surface area contributed by atoms with Crippen molar-refractivity contribution in [2.75, 3.05) is 29.5 Å². The highest BCUT2D eigenvalue weighted by molar-refractivity contribution is 7.91. The Bertz CT molecular complexity index is 671. The summed E-state index contributed by atoms with van der Waals surface area (Å²) in [6, 6.07) is 2.01. The van der Waals surface area contributed by atoms with Crippen LogP contribution in [0.5, 0.6) is 0 Å². The van der Waals surface area contributed by atoms with E-state index >= 15 is 0 Å². The van der Waals surface area contributed by atoms with Gasteiger partial charge >= 0.3 is 0 Å². The van der Waals surface area contributed by atoms with Crippen LogP contribution in [0, 0.1) is 23.2 Å². The summed E-state index contributed by atoms with van der Waals surface area (Å²) in [4.78, 5) is 2.54. The van der Waals surface area contributed by atoms with Crippen molar-refractivity contribution in [1.29, 1.82) is 5.26 Å². The van der Waals surface area contributed by atoms with Crippen molar-refractivity contribution in [2.45, 2.75) is 32.1 Å². The van der Waals surface area contributed by atoms with Crippen molar-refractivity contribution in [3.05, 3.63) is 4.88 Å². The number of nitriles is 1. The molecule has 1 aliphatic rings. The molecule has 2 rings (SSSR count). The van der Waals surface area contributed by atoms with Crippen LogP contribution in [-0.4, -0.2) is 27.3 Å². The summed E-state index contributed by atoms with van der Waals surface area (Å²) in [5, 5.41) is 9.79. The maximum absolute atomic E-state index is 12.3. The third-order valence-corrected chi connectivity index (χ3v) is 7.23. The molecule has 0 bridgehead atoms. The molecule has 5 nitrogen and oxygen atoms in total. The molecule has 0 amide bonds. The standard InChI is InChI=1S/C14H21N3O2S2/c1-4-21(18,19)13-12(16)11(7-15)20-14(13)17-6-5-10(8-17)9(2)3/h9-10H,4-6,8,16H2,1-3H3. The molecule has 2 N–H and O–H groups in total. The second kappa shape index (κ2) is 5.85. The van der Waals surface area contributed by atoms with Crippen LogP contribution in [-0.2, 0) is 9.84 Å². The van der Waals surface area contributed by atoms with Gasteiger partial charge in [-0.25, -0.2) is 8.42 Å². The van der Waals surface area contributed by atoms with Crippen molar-refractivity contribution in [2.24, 2.45) is 11.8 Å². The summed E-state index contributed by atoms with van der Waals surface area (Å²) < 4.78 is 24.7. The second-order valence-corrected chi connectivity index (χ2v) is 8.95. The number of nitrogens with zero attached hydrogens (tertiary/aromatic N) is 2. The smallest absolute Gasteiger partial charge is 0.183 e. The van der Waals surface area contributed by atoms with Gasteiger partial charge in [-0.05, 0) is 18.3 Å². The SMILES string of the molecule is CCS(=O)(=O)c1c(N2CCC(C(C)C)C2)sc(C#N)c1N. The molecule has 7 heteroatoms. The first-order valence-electron chi connectivity index (χ1n) is 7.11. The Kier molecular flexibility index (Phi) is 4.49. The highest BCUT2D eigenvalue weighted by Crippen LogP contribution is 2.43. The van der Waals surface area contributed by atoms with E-state index in [1.807, 2.05) is 6.07 Å². The summed E-state index contributed by atoms with van der Waals surface area (Å²) in [5.74, 6) is 1.11. The fourth-order valence-corrected chi connectivity index (χ4v) is 5.31. The second-order valence-electron chi connectivity index (χ2n) is 5.73. The maximum atomic E-state index is 12.3. The minimum Gasteiger partial charge on any atom is -0.396 e. The van der Waals surface area contributed by atoms with Crippen molar-refractivity contribution in [3.63, 3.8) is 0 Å². The van der Waals surface area contributed by atoms with E-state index < -0.39 is 9.84 Å². The van der Waals surface area contributed by atoms with E-state index in [0.717, 1.165) is 19.5 Å². The number of hydrogen-bond donors (Lipinski definition) is 1. The van der Waals surface area contributed by atoms with Crippen LogP contribution in [0.2, 0.25) is 0 Å². The van der Waals surface area contributed by atoms with Gasteiger partial charge in [0.1, 0.15) is 20.8 Å². The van der Waals surface area contributed by atoms with Crippen LogP contribution < -0.4 is 10.6 Å². The zero-order valence-electron chi connectivity index (χ0n) is 12.6. The Balaban J connectivity index is 2.48. The lowest BCUT2D eigenvalue weighted by Gasteiger charge is -2.20. The summed E-state index contributed by atoms with van der Waals surface area (Å²) in [7, 11) is -3.43. The molecule has 1 fully saturated rings. The Hall–Kier alpha value is -1.26. The number of hydrogen-bond acceptors (Lipinski definition) is 6. The van der Waals surface area contributed by atoms with Crippen molar-refractivity contribution >= 4 is 31.9 Å². The highest BCUT2D eigenvalue weighted by Gasteiger charge is 2.33. The predicted molar refractivity (Wildman–Crippen MR) is 86.3 cm³/mol. The molecule has 1 atom stereocenters. The molecule has 116 valence electrons.